The van der Waals surface area contributed by atoms with E-state index in [0.29, 0.717) is 31.9 Å². The third kappa shape index (κ3) is 3.94. The summed E-state index contributed by atoms with van der Waals surface area (Å²) in [6.45, 7) is 2.17. The molecule has 0 spiro atoms. The molecule has 1 atom stereocenters. The highest BCUT2D eigenvalue weighted by atomic mass is 16.2. The molecular weight excluding hydrogens is 340 g/mol. The van der Waals surface area contributed by atoms with Gasteiger partial charge in [-0.15, -0.1) is 0 Å². The Kier molecular flexibility index (Phi) is 5.05. The lowest BCUT2D eigenvalue weighted by Gasteiger charge is -2.36. The quantitative estimate of drug-likeness (QED) is 0.888. The van der Waals surface area contributed by atoms with E-state index in [1.165, 1.54) is 11.1 Å². The Morgan fingerprint density at radius 1 is 0.926 bits per heavy atom. The number of hydrogen-bond acceptors (Lipinski definition) is 3. The van der Waals surface area contributed by atoms with Gasteiger partial charge in [-0.2, -0.15) is 0 Å². The molecule has 6 nitrogen and oxygen atoms in total. The van der Waals surface area contributed by atoms with Gasteiger partial charge in [0, 0.05) is 38.4 Å². The van der Waals surface area contributed by atoms with E-state index in [4.69, 9.17) is 0 Å². The predicted molar refractivity (Wildman–Crippen MR) is 103 cm³/mol. The number of piperazine rings is 1. The lowest BCUT2D eigenvalue weighted by molar-refractivity contribution is 0.0657. The first-order valence-electron chi connectivity index (χ1n) is 9.53. The number of urea groups is 1. The highest BCUT2D eigenvalue weighted by Gasteiger charge is 2.27. The van der Waals surface area contributed by atoms with Gasteiger partial charge in [-0.05, 0) is 42.5 Å². The first-order chi connectivity index (χ1) is 13.2. The minimum Gasteiger partial charge on any atom is -0.335 e. The zero-order valence-corrected chi connectivity index (χ0v) is 15.3. The van der Waals surface area contributed by atoms with Gasteiger partial charge in [0.15, 0.2) is 0 Å². The zero-order valence-electron chi connectivity index (χ0n) is 15.3. The average Bonchev–Trinajstić information content (AvgIpc) is 2.74. The molecule has 1 unspecified atom stereocenters. The molecule has 2 aromatic rings. The number of aromatic nitrogens is 1. The summed E-state index contributed by atoms with van der Waals surface area (Å²) in [7, 11) is 0. The number of nitrogens with zero attached hydrogens (tertiary/aromatic N) is 3. The van der Waals surface area contributed by atoms with Crippen molar-refractivity contribution in [1.82, 2.24) is 20.1 Å². The summed E-state index contributed by atoms with van der Waals surface area (Å²) in [6.07, 6.45) is 4.49. The Labute approximate surface area is 159 Å². The monoisotopic (exact) mass is 364 g/mol. The van der Waals surface area contributed by atoms with Crippen molar-refractivity contribution in [2.75, 3.05) is 26.2 Å². The molecule has 1 aliphatic heterocycles. The van der Waals surface area contributed by atoms with Gasteiger partial charge in [0.1, 0.15) is 5.69 Å². The van der Waals surface area contributed by atoms with E-state index in [1.54, 1.807) is 23.2 Å². The van der Waals surface area contributed by atoms with E-state index in [9.17, 15) is 9.59 Å². The van der Waals surface area contributed by atoms with Crippen LogP contribution in [0.15, 0.2) is 48.7 Å². The fourth-order valence-electron chi connectivity index (χ4n) is 3.85. The molecule has 3 amide bonds. The molecule has 4 rings (SSSR count). The summed E-state index contributed by atoms with van der Waals surface area (Å²) in [5, 5.41) is 3.18. The summed E-state index contributed by atoms with van der Waals surface area (Å²) >= 11 is 0. The molecule has 1 fully saturated rings. The second kappa shape index (κ2) is 7.78. The van der Waals surface area contributed by atoms with Crippen molar-refractivity contribution in [2.45, 2.75) is 25.3 Å². The zero-order chi connectivity index (χ0) is 18.6. The molecule has 2 heterocycles. The number of aryl methyl sites for hydroxylation is 1. The SMILES string of the molecule is O=C(NC1CCc2ccccc2C1)N1CCN(C(=O)c2ccccn2)CC1. The number of carbonyl (C=O) groups is 2. The average molecular weight is 364 g/mol. The highest BCUT2D eigenvalue weighted by molar-refractivity contribution is 5.92. The number of benzene rings is 1. The van der Waals surface area contributed by atoms with E-state index in [-0.39, 0.29) is 18.0 Å². The van der Waals surface area contributed by atoms with Gasteiger partial charge in [-0.3, -0.25) is 9.78 Å². The van der Waals surface area contributed by atoms with E-state index >= 15 is 0 Å². The lowest BCUT2D eigenvalue weighted by Crippen LogP contribution is -2.55. The van der Waals surface area contributed by atoms with Crippen molar-refractivity contribution < 1.29 is 9.59 Å². The summed E-state index contributed by atoms with van der Waals surface area (Å²) in [4.78, 5) is 32.8. The number of rotatable bonds is 2. The van der Waals surface area contributed by atoms with Crippen molar-refractivity contribution in [3.63, 3.8) is 0 Å². The molecule has 1 aliphatic carbocycles. The minimum atomic E-state index is -0.0699. The third-order valence-corrected chi connectivity index (χ3v) is 5.41. The summed E-state index contributed by atoms with van der Waals surface area (Å²) in [5.41, 5.74) is 3.18. The molecule has 1 aromatic carbocycles. The van der Waals surface area contributed by atoms with Crippen LogP contribution < -0.4 is 5.32 Å². The maximum atomic E-state index is 12.6. The molecular formula is C21H24N4O2. The first kappa shape index (κ1) is 17.5. The lowest BCUT2D eigenvalue weighted by atomic mass is 9.88. The van der Waals surface area contributed by atoms with Crippen molar-refractivity contribution in [3.05, 3.63) is 65.5 Å². The van der Waals surface area contributed by atoms with Crippen LogP contribution in [-0.4, -0.2) is 58.9 Å². The van der Waals surface area contributed by atoms with Crippen LogP contribution in [0.25, 0.3) is 0 Å². The van der Waals surface area contributed by atoms with Gasteiger partial charge < -0.3 is 15.1 Å². The van der Waals surface area contributed by atoms with Gasteiger partial charge in [0.05, 0.1) is 0 Å². The molecule has 2 aliphatic rings. The molecule has 0 saturated carbocycles. The van der Waals surface area contributed by atoms with Crippen LogP contribution in [0, 0.1) is 0 Å². The van der Waals surface area contributed by atoms with Gasteiger partial charge >= 0.3 is 6.03 Å². The summed E-state index contributed by atoms with van der Waals surface area (Å²) < 4.78 is 0. The number of carbonyl (C=O) groups excluding carboxylic acids is 2. The Morgan fingerprint density at radius 2 is 1.63 bits per heavy atom. The second-order valence-electron chi connectivity index (χ2n) is 7.15. The standard InChI is InChI=1S/C21H24N4O2/c26-20(19-7-3-4-10-22-19)24-11-13-25(14-12-24)21(27)23-18-9-8-16-5-1-2-6-17(16)15-18/h1-7,10,18H,8-9,11-15H2,(H,23,27). The van der Waals surface area contributed by atoms with Crippen molar-refractivity contribution in [2.24, 2.45) is 0 Å². The normalized spacial score (nSPS) is 19.3. The van der Waals surface area contributed by atoms with E-state index in [2.05, 4.69) is 34.6 Å². The molecule has 1 N–H and O–H groups in total. The number of hydrogen-bond donors (Lipinski definition) is 1. The second-order valence-corrected chi connectivity index (χ2v) is 7.15. The molecule has 1 saturated heterocycles. The Balaban J connectivity index is 1.29. The van der Waals surface area contributed by atoms with Crippen LogP contribution in [0.4, 0.5) is 4.79 Å². The predicted octanol–water partition coefficient (Wildman–Crippen LogP) is 2.11. The van der Waals surface area contributed by atoms with Crippen molar-refractivity contribution in [1.29, 1.82) is 0 Å². The fourth-order valence-corrected chi connectivity index (χ4v) is 3.85. The van der Waals surface area contributed by atoms with Crippen LogP contribution in [0.3, 0.4) is 0 Å². The van der Waals surface area contributed by atoms with Crippen LogP contribution in [0.2, 0.25) is 0 Å². The fraction of sp³-hybridized carbons (Fsp3) is 0.381. The number of amides is 3. The summed E-state index contributed by atoms with van der Waals surface area (Å²) in [5.74, 6) is -0.0699. The van der Waals surface area contributed by atoms with Crippen molar-refractivity contribution >= 4 is 11.9 Å². The van der Waals surface area contributed by atoms with Crippen LogP contribution >= 0.6 is 0 Å². The van der Waals surface area contributed by atoms with Gasteiger partial charge in [0.25, 0.3) is 5.91 Å². The van der Waals surface area contributed by atoms with Gasteiger partial charge in [-0.25, -0.2) is 4.79 Å². The summed E-state index contributed by atoms with van der Waals surface area (Å²) in [6, 6.07) is 13.9. The van der Waals surface area contributed by atoms with Crippen LogP contribution in [-0.2, 0) is 12.8 Å². The van der Waals surface area contributed by atoms with E-state index in [0.717, 1.165) is 19.3 Å². The maximum Gasteiger partial charge on any atom is 0.317 e. The third-order valence-electron chi connectivity index (χ3n) is 5.41. The van der Waals surface area contributed by atoms with Gasteiger partial charge in [0.2, 0.25) is 0 Å². The van der Waals surface area contributed by atoms with E-state index in [1.807, 2.05) is 11.0 Å². The first-order valence-corrected chi connectivity index (χ1v) is 9.53. The molecule has 1 aromatic heterocycles. The van der Waals surface area contributed by atoms with E-state index < -0.39 is 0 Å². The molecule has 6 heteroatoms. The Bertz CT molecular complexity index is 816. The molecule has 0 radical (unpaired) electrons. The maximum absolute atomic E-state index is 12.6. The molecule has 27 heavy (non-hydrogen) atoms. The van der Waals surface area contributed by atoms with Crippen molar-refractivity contribution in [3.8, 4) is 0 Å². The number of fused-ring (bicyclic) bond motifs is 1. The minimum absolute atomic E-state index is 0.0238. The number of pyridine rings is 1. The Hall–Kier alpha value is -2.89. The topological polar surface area (TPSA) is 65.5 Å². The van der Waals surface area contributed by atoms with Crippen LogP contribution in [0.1, 0.15) is 28.0 Å². The molecule has 0 bridgehead atoms. The van der Waals surface area contributed by atoms with Gasteiger partial charge in [-0.1, -0.05) is 30.3 Å². The highest BCUT2D eigenvalue weighted by Crippen LogP contribution is 2.21. The smallest absolute Gasteiger partial charge is 0.317 e. The molecule has 140 valence electrons. The van der Waals surface area contributed by atoms with Crippen LogP contribution in [0.5, 0.6) is 0 Å². The Morgan fingerprint density at radius 3 is 2.37 bits per heavy atom. The largest absolute Gasteiger partial charge is 0.335 e. The number of nitrogens with one attached hydrogen (secondary N) is 1.